The van der Waals surface area contributed by atoms with Crippen molar-refractivity contribution in [2.24, 2.45) is 11.0 Å². The fourth-order valence-electron chi connectivity index (χ4n) is 3.20. The van der Waals surface area contributed by atoms with E-state index in [0.717, 1.165) is 36.2 Å². The number of nitrogens with one attached hydrogen (secondary N) is 1. The number of benzene rings is 2. The highest BCUT2D eigenvalue weighted by molar-refractivity contribution is 7.90. The second kappa shape index (κ2) is 6.77. The van der Waals surface area contributed by atoms with Gasteiger partial charge in [0.1, 0.15) is 10.7 Å². The summed E-state index contributed by atoms with van der Waals surface area (Å²) in [4.78, 5) is 12.2. The molecular weight excluding hydrogens is 369 g/mol. The Morgan fingerprint density at radius 1 is 1.07 bits per heavy atom. The third kappa shape index (κ3) is 3.57. The third-order valence-electron chi connectivity index (χ3n) is 4.72. The van der Waals surface area contributed by atoms with Crippen LogP contribution in [-0.4, -0.2) is 25.2 Å². The molecule has 27 heavy (non-hydrogen) atoms. The SMILES string of the molecule is O=C(NS(=O)(=O)c1ccccc1F)N1N=C(C2CC2)CC1c1ccccc1. The quantitative estimate of drug-likeness (QED) is 0.873. The van der Waals surface area contributed by atoms with Crippen molar-refractivity contribution in [3.8, 4) is 0 Å². The number of urea groups is 1. The summed E-state index contributed by atoms with van der Waals surface area (Å²) in [6.07, 6.45) is 2.63. The van der Waals surface area contributed by atoms with Crippen molar-refractivity contribution < 1.29 is 17.6 Å². The lowest BCUT2D eigenvalue weighted by Gasteiger charge is -2.22. The zero-order chi connectivity index (χ0) is 19.0. The van der Waals surface area contributed by atoms with E-state index < -0.39 is 26.8 Å². The number of hydrazone groups is 1. The summed E-state index contributed by atoms with van der Waals surface area (Å²) in [6, 6.07) is 13.0. The predicted octanol–water partition coefficient (Wildman–Crippen LogP) is 3.44. The summed E-state index contributed by atoms with van der Waals surface area (Å²) in [6.45, 7) is 0. The van der Waals surface area contributed by atoms with Crippen molar-refractivity contribution in [2.75, 3.05) is 0 Å². The van der Waals surface area contributed by atoms with Crippen LogP contribution in [0.5, 0.6) is 0 Å². The van der Waals surface area contributed by atoms with Gasteiger partial charge in [0.05, 0.1) is 6.04 Å². The van der Waals surface area contributed by atoms with Gasteiger partial charge in [0, 0.05) is 12.1 Å². The average Bonchev–Trinajstić information content (AvgIpc) is 3.40. The molecule has 1 heterocycles. The molecule has 2 amide bonds. The number of hydrogen-bond donors (Lipinski definition) is 1. The lowest BCUT2D eigenvalue weighted by atomic mass is 10.0. The van der Waals surface area contributed by atoms with Gasteiger partial charge in [-0.2, -0.15) is 5.10 Å². The minimum Gasteiger partial charge on any atom is -0.245 e. The van der Waals surface area contributed by atoms with Crippen molar-refractivity contribution in [1.29, 1.82) is 0 Å². The van der Waals surface area contributed by atoms with Crippen LogP contribution in [0.15, 0.2) is 64.6 Å². The summed E-state index contributed by atoms with van der Waals surface area (Å²) in [5, 5.41) is 5.56. The van der Waals surface area contributed by atoms with Gasteiger partial charge in [0.2, 0.25) is 0 Å². The van der Waals surface area contributed by atoms with Crippen molar-refractivity contribution in [2.45, 2.75) is 30.2 Å². The molecule has 2 aromatic carbocycles. The Morgan fingerprint density at radius 3 is 2.41 bits per heavy atom. The van der Waals surface area contributed by atoms with Gasteiger partial charge >= 0.3 is 6.03 Å². The van der Waals surface area contributed by atoms with Crippen molar-refractivity contribution >= 4 is 21.8 Å². The molecule has 1 unspecified atom stereocenters. The van der Waals surface area contributed by atoms with E-state index in [2.05, 4.69) is 5.10 Å². The van der Waals surface area contributed by atoms with Crippen LogP contribution >= 0.6 is 0 Å². The van der Waals surface area contributed by atoms with Crippen LogP contribution in [0.4, 0.5) is 9.18 Å². The van der Waals surface area contributed by atoms with E-state index in [1.807, 2.05) is 35.1 Å². The third-order valence-corrected chi connectivity index (χ3v) is 6.08. The zero-order valence-electron chi connectivity index (χ0n) is 14.4. The Balaban J connectivity index is 1.61. The first-order valence-corrected chi connectivity index (χ1v) is 10.2. The smallest absolute Gasteiger partial charge is 0.245 e. The topological polar surface area (TPSA) is 78.8 Å². The van der Waals surface area contributed by atoms with Gasteiger partial charge in [0.25, 0.3) is 10.0 Å². The fourth-order valence-corrected chi connectivity index (χ4v) is 4.21. The monoisotopic (exact) mass is 387 g/mol. The molecule has 0 aromatic heterocycles. The van der Waals surface area contributed by atoms with E-state index in [-0.39, 0.29) is 6.04 Å². The molecule has 0 spiro atoms. The molecule has 1 saturated carbocycles. The normalized spacial score (nSPS) is 19.7. The van der Waals surface area contributed by atoms with Gasteiger partial charge < -0.3 is 0 Å². The summed E-state index contributed by atoms with van der Waals surface area (Å²) < 4.78 is 40.7. The van der Waals surface area contributed by atoms with Crippen LogP contribution in [0.2, 0.25) is 0 Å². The summed E-state index contributed by atoms with van der Waals surface area (Å²) in [5.74, 6) is -0.557. The molecule has 1 N–H and O–H groups in total. The Labute approximate surface area is 156 Å². The number of hydrogen-bond acceptors (Lipinski definition) is 4. The van der Waals surface area contributed by atoms with Gasteiger partial charge in [-0.25, -0.2) is 27.3 Å². The highest BCUT2D eigenvalue weighted by atomic mass is 32.2. The van der Waals surface area contributed by atoms with Gasteiger partial charge in [-0.15, -0.1) is 0 Å². The van der Waals surface area contributed by atoms with Crippen molar-refractivity contribution in [3.63, 3.8) is 0 Å². The first kappa shape index (κ1) is 17.7. The molecule has 1 fully saturated rings. The maximum Gasteiger partial charge on any atom is 0.352 e. The Kier molecular flexibility index (Phi) is 4.43. The number of amides is 2. The minimum atomic E-state index is -4.34. The molecule has 0 bridgehead atoms. The van der Waals surface area contributed by atoms with E-state index in [9.17, 15) is 17.6 Å². The molecule has 2 aliphatic rings. The number of sulfonamides is 1. The number of nitrogens with zero attached hydrogens (tertiary/aromatic N) is 2. The highest BCUT2D eigenvalue weighted by Gasteiger charge is 2.40. The molecule has 4 rings (SSSR count). The Hall–Kier alpha value is -2.74. The van der Waals surface area contributed by atoms with Crippen LogP contribution < -0.4 is 4.72 Å². The van der Waals surface area contributed by atoms with Gasteiger partial charge in [0.15, 0.2) is 0 Å². The highest BCUT2D eigenvalue weighted by Crippen LogP contribution is 2.40. The fraction of sp³-hybridized carbons (Fsp3) is 0.263. The van der Waals surface area contributed by atoms with Crippen LogP contribution in [0.1, 0.15) is 30.9 Å². The lowest BCUT2D eigenvalue weighted by molar-refractivity contribution is 0.192. The van der Waals surface area contributed by atoms with Gasteiger partial charge in [-0.05, 0) is 36.5 Å². The maximum absolute atomic E-state index is 13.9. The van der Waals surface area contributed by atoms with Gasteiger partial charge in [-0.1, -0.05) is 42.5 Å². The molecular formula is C19H18FN3O3S. The van der Waals surface area contributed by atoms with E-state index in [0.29, 0.717) is 12.3 Å². The molecule has 2 aromatic rings. The molecule has 0 saturated heterocycles. The summed E-state index contributed by atoms with van der Waals surface area (Å²) in [7, 11) is -4.34. The molecule has 0 radical (unpaired) electrons. The first-order chi connectivity index (χ1) is 13.0. The molecule has 140 valence electrons. The van der Waals surface area contributed by atoms with Crippen LogP contribution in [0.25, 0.3) is 0 Å². The molecule has 6 nitrogen and oxygen atoms in total. The van der Waals surface area contributed by atoms with E-state index in [1.54, 1.807) is 0 Å². The molecule has 8 heteroatoms. The van der Waals surface area contributed by atoms with E-state index in [1.165, 1.54) is 17.1 Å². The lowest BCUT2D eigenvalue weighted by Crippen LogP contribution is -2.40. The van der Waals surface area contributed by atoms with Crippen molar-refractivity contribution in [3.05, 3.63) is 66.0 Å². The standard InChI is InChI=1S/C19H18FN3O3S/c20-15-8-4-5-9-18(15)27(25,26)22-19(24)23-17(14-6-2-1-3-7-14)12-16(21-23)13-10-11-13/h1-9,13,17H,10-12H2,(H,22,24). The second-order valence-electron chi connectivity index (χ2n) is 6.68. The molecule has 1 atom stereocenters. The Bertz CT molecular complexity index is 1000. The number of carbonyl (C=O) groups is 1. The van der Waals surface area contributed by atoms with E-state index >= 15 is 0 Å². The van der Waals surface area contributed by atoms with Crippen LogP contribution in [-0.2, 0) is 10.0 Å². The zero-order valence-corrected chi connectivity index (χ0v) is 15.2. The van der Waals surface area contributed by atoms with Crippen molar-refractivity contribution in [1.82, 2.24) is 9.73 Å². The summed E-state index contributed by atoms with van der Waals surface area (Å²) >= 11 is 0. The maximum atomic E-state index is 13.9. The van der Waals surface area contributed by atoms with Crippen LogP contribution in [0, 0.1) is 11.7 Å². The molecule has 1 aliphatic carbocycles. The average molecular weight is 387 g/mol. The minimum absolute atomic E-state index is 0.359. The van der Waals surface area contributed by atoms with Crippen LogP contribution in [0.3, 0.4) is 0 Å². The largest absolute Gasteiger partial charge is 0.352 e. The first-order valence-electron chi connectivity index (χ1n) is 8.68. The van der Waals surface area contributed by atoms with E-state index in [4.69, 9.17) is 0 Å². The van der Waals surface area contributed by atoms with Gasteiger partial charge in [-0.3, -0.25) is 0 Å². The second-order valence-corrected chi connectivity index (χ2v) is 8.33. The Morgan fingerprint density at radius 2 is 1.74 bits per heavy atom. The number of carbonyl (C=O) groups excluding carboxylic acids is 1. The predicted molar refractivity (Wildman–Crippen MR) is 97.9 cm³/mol. The number of halogens is 1. The summed E-state index contributed by atoms with van der Waals surface area (Å²) in [5.41, 5.74) is 1.78. The number of rotatable bonds is 4. The molecule has 1 aliphatic heterocycles.